The molecule has 1 saturated heterocycles. The molecule has 0 saturated carbocycles. The number of fused-ring (bicyclic) bond motifs is 1. The van der Waals surface area contributed by atoms with Gasteiger partial charge in [-0.3, -0.25) is 19.1 Å². The molecule has 1 fully saturated rings. The number of unbranched alkanes of at least 4 members (excludes halogenated alkanes) is 3. The van der Waals surface area contributed by atoms with Crippen LogP contribution in [0.15, 0.2) is 23.0 Å². The molecule has 170 valence electrons. The molecule has 1 aromatic heterocycles. The monoisotopic (exact) mass is 446 g/mol. The minimum absolute atomic E-state index is 0.0167. The summed E-state index contributed by atoms with van der Waals surface area (Å²) in [7, 11) is 0. The number of amides is 1. The molecule has 3 rings (SSSR count). The van der Waals surface area contributed by atoms with Gasteiger partial charge in [0.2, 0.25) is 5.91 Å². The van der Waals surface area contributed by atoms with E-state index in [1.54, 1.807) is 16.7 Å². The maximum Gasteiger partial charge on any atom is 0.261 e. The van der Waals surface area contributed by atoms with Gasteiger partial charge in [0.15, 0.2) is 0 Å². The Morgan fingerprint density at radius 1 is 1.23 bits per heavy atom. The predicted molar refractivity (Wildman–Crippen MR) is 127 cm³/mol. The van der Waals surface area contributed by atoms with Crippen molar-refractivity contribution < 1.29 is 4.79 Å². The number of carbonyl (C=O) groups excluding carboxylic acids is 1. The standard InChI is InChI=1S/C24H35ClN4O2/c1-5-7-8-9-10-22(30)29-14-13-27(16-17(29)3)18(4)23-26-21-12-11-19(25)15-20(21)24(31)28(23)6-2/h11-12,15,17-18H,5-10,13-14,16H2,1-4H3. The Labute approximate surface area is 190 Å². The van der Waals surface area contributed by atoms with Crippen LogP contribution in [0.25, 0.3) is 10.9 Å². The third-order valence-corrected chi connectivity index (χ3v) is 6.64. The van der Waals surface area contributed by atoms with Crippen LogP contribution < -0.4 is 5.56 Å². The number of carbonyl (C=O) groups is 1. The van der Waals surface area contributed by atoms with Gasteiger partial charge in [-0.2, -0.15) is 0 Å². The molecule has 6 nitrogen and oxygen atoms in total. The molecule has 1 aliphatic rings. The van der Waals surface area contributed by atoms with Crippen LogP contribution in [0.5, 0.6) is 0 Å². The molecule has 0 aliphatic carbocycles. The lowest BCUT2D eigenvalue weighted by atomic mass is 10.1. The van der Waals surface area contributed by atoms with Crippen molar-refractivity contribution in [1.82, 2.24) is 19.4 Å². The summed E-state index contributed by atoms with van der Waals surface area (Å²) in [6, 6.07) is 5.41. The fourth-order valence-corrected chi connectivity index (χ4v) is 4.72. The SMILES string of the molecule is CCCCCCC(=O)N1CCN(C(C)c2nc3ccc(Cl)cc3c(=O)n2CC)CC1C. The van der Waals surface area contributed by atoms with Gasteiger partial charge in [-0.25, -0.2) is 4.98 Å². The fraction of sp³-hybridized carbons (Fsp3) is 0.625. The maximum atomic E-state index is 13.1. The summed E-state index contributed by atoms with van der Waals surface area (Å²) in [5.74, 6) is 1.04. The third kappa shape index (κ3) is 5.29. The normalized spacial score (nSPS) is 18.5. The van der Waals surface area contributed by atoms with E-state index < -0.39 is 0 Å². The number of piperazine rings is 1. The predicted octanol–water partition coefficient (Wildman–Crippen LogP) is 4.63. The molecule has 1 aliphatic heterocycles. The summed E-state index contributed by atoms with van der Waals surface area (Å²) < 4.78 is 1.75. The van der Waals surface area contributed by atoms with Crippen molar-refractivity contribution >= 4 is 28.4 Å². The van der Waals surface area contributed by atoms with Gasteiger partial charge < -0.3 is 4.90 Å². The van der Waals surface area contributed by atoms with Gasteiger partial charge in [-0.05, 0) is 45.4 Å². The molecular formula is C24H35ClN4O2. The summed E-state index contributed by atoms with van der Waals surface area (Å²) in [5, 5.41) is 1.09. The van der Waals surface area contributed by atoms with Crippen LogP contribution in [0.2, 0.25) is 5.02 Å². The van der Waals surface area contributed by atoms with Crippen LogP contribution in [0, 0.1) is 0 Å². The Kier molecular flexibility index (Phi) is 8.11. The van der Waals surface area contributed by atoms with Crippen molar-refractivity contribution in [2.24, 2.45) is 0 Å². The largest absolute Gasteiger partial charge is 0.337 e. The Bertz CT molecular complexity index is 974. The molecule has 2 unspecified atom stereocenters. The minimum atomic E-state index is -0.0502. The summed E-state index contributed by atoms with van der Waals surface area (Å²) in [5.41, 5.74) is 0.626. The summed E-state index contributed by atoms with van der Waals surface area (Å²) >= 11 is 6.10. The number of rotatable bonds is 8. The number of hydrogen-bond donors (Lipinski definition) is 0. The zero-order valence-corrected chi connectivity index (χ0v) is 20.0. The first-order valence-electron chi connectivity index (χ1n) is 11.6. The quantitative estimate of drug-likeness (QED) is 0.554. The van der Waals surface area contributed by atoms with Crippen molar-refractivity contribution in [3.05, 3.63) is 39.4 Å². The molecule has 0 N–H and O–H groups in total. The molecule has 0 spiro atoms. The molecule has 2 heterocycles. The van der Waals surface area contributed by atoms with E-state index in [2.05, 4.69) is 25.7 Å². The highest BCUT2D eigenvalue weighted by atomic mass is 35.5. The van der Waals surface area contributed by atoms with E-state index in [-0.39, 0.29) is 23.6 Å². The highest BCUT2D eigenvalue weighted by molar-refractivity contribution is 6.31. The average molecular weight is 447 g/mol. The average Bonchev–Trinajstić information content (AvgIpc) is 2.76. The van der Waals surface area contributed by atoms with Crippen molar-refractivity contribution in [3.63, 3.8) is 0 Å². The first-order chi connectivity index (χ1) is 14.9. The molecule has 0 bridgehead atoms. The summed E-state index contributed by atoms with van der Waals surface area (Å²) in [6.45, 7) is 11.2. The lowest BCUT2D eigenvalue weighted by molar-refractivity contribution is -0.136. The lowest BCUT2D eigenvalue weighted by Gasteiger charge is -2.42. The third-order valence-electron chi connectivity index (χ3n) is 6.41. The van der Waals surface area contributed by atoms with E-state index >= 15 is 0 Å². The van der Waals surface area contributed by atoms with Gasteiger partial charge in [0, 0.05) is 43.7 Å². The Morgan fingerprint density at radius 2 is 2.00 bits per heavy atom. The molecule has 0 radical (unpaired) electrons. The van der Waals surface area contributed by atoms with Crippen LogP contribution in [0.1, 0.15) is 71.7 Å². The van der Waals surface area contributed by atoms with Crippen LogP contribution in [0.4, 0.5) is 0 Å². The number of aromatic nitrogens is 2. The van der Waals surface area contributed by atoms with E-state index in [1.165, 1.54) is 12.8 Å². The second kappa shape index (κ2) is 10.6. The molecule has 2 atom stereocenters. The first kappa shape index (κ1) is 23.7. The lowest BCUT2D eigenvalue weighted by Crippen LogP contribution is -2.54. The second-order valence-electron chi connectivity index (χ2n) is 8.60. The smallest absolute Gasteiger partial charge is 0.261 e. The van der Waals surface area contributed by atoms with Crippen LogP contribution in [-0.4, -0.2) is 50.9 Å². The van der Waals surface area contributed by atoms with Gasteiger partial charge in [-0.15, -0.1) is 0 Å². The molecule has 31 heavy (non-hydrogen) atoms. The summed E-state index contributed by atoms with van der Waals surface area (Å²) in [6.07, 6.45) is 5.12. The minimum Gasteiger partial charge on any atom is -0.337 e. The number of nitrogens with zero attached hydrogens (tertiary/aromatic N) is 4. The van der Waals surface area contributed by atoms with Crippen LogP contribution in [-0.2, 0) is 11.3 Å². The van der Waals surface area contributed by atoms with E-state index in [1.807, 2.05) is 17.9 Å². The number of benzene rings is 1. The zero-order chi connectivity index (χ0) is 22.5. The second-order valence-corrected chi connectivity index (χ2v) is 9.04. The van der Waals surface area contributed by atoms with Crippen LogP contribution in [0.3, 0.4) is 0 Å². The fourth-order valence-electron chi connectivity index (χ4n) is 4.55. The van der Waals surface area contributed by atoms with Crippen molar-refractivity contribution in [2.75, 3.05) is 19.6 Å². The topological polar surface area (TPSA) is 58.4 Å². The molecule has 2 aromatic rings. The zero-order valence-electron chi connectivity index (χ0n) is 19.2. The molecule has 1 amide bonds. The highest BCUT2D eigenvalue weighted by Gasteiger charge is 2.31. The van der Waals surface area contributed by atoms with E-state index in [4.69, 9.17) is 16.6 Å². The van der Waals surface area contributed by atoms with Crippen molar-refractivity contribution in [3.8, 4) is 0 Å². The Hall–Kier alpha value is -1.92. The Balaban J connectivity index is 1.75. The van der Waals surface area contributed by atoms with Gasteiger partial charge in [0.05, 0.1) is 16.9 Å². The van der Waals surface area contributed by atoms with Gasteiger partial charge >= 0.3 is 0 Å². The van der Waals surface area contributed by atoms with Gasteiger partial charge in [0.1, 0.15) is 5.82 Å². The van der Waals surface area contributed by atoms with E-state index in [9.17, 15) is 9.59 Å². The number of hydrogen-bond acceptors (Lipinski definition) is 4. The summed E-state index contributed by atoms with van der Waals surface area (Å²) in [4.78, 5) is 34.9. The van der Waals surface area contributed by atoms with Crippen LogP contribution >= 0.6 is 11.6 Å². The Morgan fingerprint density at radius 3 is 2.68 bits per heavy atom. The molecule has 1 aromatic carbocycles. The maximum absolute atomic E-state index is 13.1. The van der Waals surface area contributed by atoms with Crippen molar-refractivity contribution in [2.45, 2.75) is 78.4 Å². The van der Waals surface area contributed by atoms with Gasteiger partial charge in [-0.1, -0.05) is 37.8 Å². The highest BCUT2D eigenvalue weighted by Crippen LogP contribution is 2.24. The van der Waals surface area contributed by atoms with E-state index in [0.29, 0.717) is 28.9 Å². The first-order valence-corrected chi connectivity index (χ1v) is 12.0. The van der Waals surface area contributed by atoms with E-state index in [0.717, 1.165) is 38.3 Å². The van der Waals surface area contributed by atoms with Crippen molar-refractivity contribution in [1.29, 1.82) is 0 Å². The van der Waals surface area contributed by atoms with Gasteiger partial charge in [0.25, 0.3) is 5.56 Å². The molecular weight excluding hydrogens is 412 g/mol. The number of halogens is 1. The molecule has 7 heteroatoms.